The number of aromatic amines is 1. The van der Waals surface area contributed by atoms with Crippen LogP contribution in [0.3, 0.4) is 0 Å². The van der Waals surface area contributed by atoms with Crippen LogP contribution in [-0.2, 0) is 4.74 Å². The zero-order valence-electron chi connectivity index (χ0n) is 14.2. The van der Waals surface area contributed by atoms with Crippen molar-refractivity contribution in [1.82, 2.24) is 15.2 Å². The van der Waals surface area contributed by atoms with Gasteiger partial charge in [-0.15, -0.1) is 0 Å². The fourth-order valence-corrected chi connectivity index (χ4v) is 2.96. The molecule has 1 aromatic heterocycles. The lowest BCUT2D eigenvalue weighted by Crippen LogP contribution is -2.43. The number of likely N-dealkylation sites (tertiary alicyclic amines) is 1. The Morgan fingerprint density at radius 3 is 2.95 bits per heavy atom. The third-order valence-corrected chi connectivity index (χ3v) is 4.10. The molecule has 5 heteroatoms. The second-order valence-corrected chi connectivity index (χ2v) is 7.19. The summed E-state index contributed by atoms with van der Waals surface area (Å²) >= 11 is 0. The fraction of sp³-hybridized carbons (Fsp3) is 0.706. The monoisotopic (exact) mass is 307 g/mol. The van der Waals surface area contributed by atoms with Crippen molar-refractivity contribution in [3.63, 3.8) is 0 Å². The summed E-state index contributed by atoms with van der Waals surface area (Å²) < 4.78 is 5.29. The van der Waals surface area contributed by atoms with Crippen LogP contribution in [0.25, 0.3) is 0 Å². The van der Waals surface area contributed by atoms with E-state index >= 15 is 0 Å². The molecule has 2 rings (SSSR count). The number of H-pyrrole nitrogens is 1. The summed E-state index contributed by atoms with van der Waals surface area (Å²) in [5.41, 5.74) is 0.811. The van der Waals surface area contributed by atoms with E-state index in [2.05, 4.69) is 28.2 Å². The van der Waals surface area contributed by atoms with Gasteiger partial charge in [0.2, 0.25) is 0 Å². The normalized spacial score (nSPS) is 21.4. The molecular weight excluding hydrogens is 278 g/mol. The van der Waals surface area contributed by atoms with Crippen LogP contribution in [-0.4, -0.2) is 41.2 Å². The number of hydrogen-bond donors (Lipinski definition) is 2. The quantitative estimate of drug-likeness (QED) is 0.897. The van der Waals surface area contributed by atoms with Crippen molar-refractivity contribution >= 4 is 6.09 Å². The van der Waals surface area contributed by atoms with E-state index in [1.165, 1.54) is 12.1 Å². The number of nitrogens with zero attached hydrogens (tertiary/aromatic N) is 1. The average molecular weight is 307 g/mol. The van der Waals surface area contributed by atoms with E-state index in [-0.39, 0.29) is 6.09 Å². The lowest BCUT2D eigenvalue weighted by molar-refractivity contribution is 0.0500. The molecule has 1 aromatic rings. The van der Waals surface area contributed by atoms with Crippen molar-refractivity contribution in [1.29, 1.82) is 0 Å². The number of carbonyl (C=O) groups is 1. The Morgan fingerprint density at radius 1 is 1.55 bits per heavy atom. The lowest BCUT2D eigenvalue weighted by atomic mass is 9.96. The maximum atomic E-state index is 11.8. The van der Waals surface area contributed by atoms with Gasteiger partial charge in [0.15, 0.2) is 0 Å². The van der Waals surface area contributed by atoms with Crippen molar-refractivity contribution in [2.24, 2.45) is 5.92 Å². The molecule has 0 saturated carbocycles. The first-order valence-corrected chi connectivity index (χ1v) is 8.19. The van der Waals surface area contributed by atoms with Crippen LogP contribution in [0, 0.1) is 5.92 Å². The summed E-state index contributed by atoms with van der Waals surface area (Å²) in [5, 5.41) is 2.91. The van der Waals surface area contributed by atoms with Crippen molar-refractivity contribution in [2.45, 2.75) is 52.2 Å². The topological polar surface area (TPSA) is 57.4 Å². The molecule has 1 aliphatic rings. The molecule has 1 fully saturated rings. The van der Waals surface area contributed by atoms with E-state index in [0.29, 0.717) is 18.5 Å². The van der Waals surface area contributed by atoms with E-state index in [4.69, 9.17) is 4.74 Å². The van der Waals surface area contributed by atoms with E-state index in [0.717, 1.165) is 19.5 Å². The minimum Gasteiger partial charge on any atom is -0.444 e. The number of carbonyl (C=O) groups excluding carboxylic acids is 1. The minimum atomic E-state index is -0.440. The van der Waals surface area contributed by atoms with Crippen molar-refractivity contribution < 1.29 is 9.53 Å². The molecule has 22 heavy (non-hydrogen) atoms. The largest absolute Gasteiger partial charge is 0.444 e. The lowest BCUT2D eigenvalue weighted by Gasteiger charge is -2.36. The van der Waals surface area contributed by atoms with Crippen LogP contribution in [0.4, 0.5) is 4.79 Å². The highest BCUT2D eigenvalue weighted by molar-refractivity contribution is 5.67. The summed E-state index contributed by atoms with van der Waals surface area (Å²) in [6, 6.07) is 4.56. The number of piperidine rings is 1. The van der Waals surface area contributed by atoms with Crippen LogP contribution in [0.5, 0.6) is 0 Å². The molecule has 0 aliphatic carbocycles. The molecule has 1 amide bonds. The standard InChI is InChI=1S/C17H29N3O2/c1-13(15-8-5-9-18-15)20-10-6-7-14(12-20)11-19-16(21)22-17(2,3)4/h5,8-9,13-14,18H,6-7,10-12H2,1-4H3,(H,19,21)/t13-,14-/m0/s1. The first kappa shape index (κ1) is 16.9. The molecular formula is C17H29N3O2. The molecule has 124 valence electrons. The van der Waals surface area contributed by atoms with Gasteiger partial charge in [-0.1, -0.05) is 0 Å². The van der Waals surface area contributed by atoms with Crippen LogP contribution < -0.4 is 5.32 Å². The number of alkyl carbamates (subject to hydrolysis) is 1. The van der Waals surface area contributed by atoms with Crippen molar-refractivity contribution in [3.8, 4) is 0 Å². The third kappa shape index (κ3) is 5.05. The van der Waals surface area contributed by atoms with Crippen LogP contribution in [0.1, 0.15) is 52.3 Å². The number of aromatic nitrogens is 1. The van der Waals surface area contributed by atoms with Gasteiger partial charge in [0.05, 0.1) is 0 Å². The van der Waals surface area contributed by atoms with Gasteiger partial charge < -0.3 is 15.0 Å². The smallest absolute Gasteiger partial charge is 0.407 e. The van der Waals surface area contributed by atoms with Gasteiger partial charge in [0, 0.05) is 31.0 Å². The van der Waals surface area contributed by atoms with Crippen molar-refractivity contribution in [3.05, 3.63) is 24.0 Å². The fourth-order valence-electron chi connectivity index (χ4n) is 2.96. The van der Waals surface area contributed by atoms with Gasteiger partial charge in [0.1, 0.15) is 5.60 Å². The number of amides is 1. The van der Waals surface area contributed by atoms with Gasteiger partial charge in [-0.25, -0.2) is 4.79 Å². The molecule has 5 nitrogen and oxygen atoms in total. The predicted octanol–water partition coefficient (Wildman–Crippen LogP) is 3.31. The predicted molar refractivity (Wildman–Crippen MR) is 87.7 cm³/mol. The Hall–Kier alpha value is -1.49. The maximum absolute atomic E-state index is 11.8. The zero-order chi connectivity index (χ0) is 16.2. The second-order valence-electron chi connectivity index (χ2n) is 7.19. The Labute approximate surface area is 133 Å². The minimum absolute atomic E-state index is 0.318. The average Bonchev–Trinajstić information content (AvgIpc) is 2.97. The zero-order valence-corrected chi connectivity index (χ0v) is 14.2. The number of hydrogen-bond acceptors (Lipinski definition) is 3. The van der Waals surface area contributed by atoms with E-state index < -0.39 is 5.60 Å². The Bertz CT molecular complexity index is 465. The molecule has 1 saturated heterocycles. The van der Waals surface area contributed by atoms with Gasteiger partial charge in [-0.2, -0.15) is 0 Å². The molecule has 0 aromatic carbocycles. The molecule has 0 bridgehead atoms. The SMILES string of the molecule is C[C@@H](c1ccc[nH]1)N1CCC[C@@H](CNC(=O)OC(C)(C)C)C1. The molecule has 0 radical (unpaired) electrons. The van der Waals surface area contributed by atoms with E-state index in [1.807, 2.05) is 33.0 Å². The van der Waals surface area contributed by atoms with Gasteiger partial charge in [-0.3, -0.25) is 4.90 Å². The first-order valence-electron chi connectivity index (χ1n) is 8.19. The van der Waals surface area contributed by atoms with Gasteiger partial charge in [0.25, 0.3) is 0 Å². The molecule has 1 aliphatic heterocycles. The number of nitrogens with one attached hydrogen (secondary N) is 2. The summed E-state index contributed by atoms with van der Waals surface area (Å²) in [6.07, 6.45) is 3.98. The van der Waals surface area contributed by atoms with Gasteiger partial charge >= 0.3 is 6.09 Å². The Kier molecular flexibility index (Phi) is 5.51. The highest BCUT2D eigenvalue weighted by Crippen LogP contribution is 2.25. The molecule has 0 unspecified atom stereocenters. The Balaban J connectivity index is 1.80. The third-order valence-electron chi connectivity index (χ3n) is 4.10. The van der Waals surface area contributed by atoms with Crippen LogP contribution in [0.15, 0.2) is 18.3 Å². The number of rotatable bonds is 4. The highest BCUT2D eigenvalue weighted by Gasteiger charge is 2.25. The summed E-state index contributed by atoms with van der Waals surface area (Å²) in [5.74, 6) is 0.485. The second kappa shape index (κ2) is 7.18. The Morgan fingerprint density at radius 2 is 2.32 bits per heavy atom. The molecule has 2 heterocycles. The summed E-state index contributed by atoms with van der Waals surface area (Å²) in [6.45, 7) is 10.7. The highest BCUT2D eigenvalue weighted by atomic mass is 16.6. The molecule has 0 spiro atoms. The van der Waals surface area contributed by atoms with Crippen LogP contribution >= 0.6 is 0 Å². The first-order chi connectivity index (χ1) is 10.3. The van der Waals surface area contributed by atoms with Gasteiger partial charge in [-0.05, 0) is 65.1 Å². The molecule has 2 atom stereocenters. The summed E-state index contributed by atoms with van der Waals surface area (Å²) in [4.78, 5) is 17.5. The maximum Gasteiger partial charge on any atom is 0.407 e. The van der Waals surface area contributed by atoms with Crippen molar-refractivity contribution in [2.75, 3.05) is 19.6 Å². The summed E-state index contributed by atoms with van der Waals surface area (Å²) in [7, 11) is 0. The molecule has 2 N–H and O–H groups in total. The van der Waals surface area contributed by atoms with Crippen LogP contribution in [0.2, 0.25) is 0 Å². The number of ether oxygens (including phenoxy) is 1. The van der Waals surface area contributed by atoms with E-state index in [9.17, 15) is 4.79 Å². The van der Waals surface area contributed by atoms with E-state index in [1.54, 1.807) is 0 Å².